The average Bonchev–Trinajstić information content (AvgIpc) is 2.30. The molecule has 0 spiro atoms. The summed E-state index contributed by atoms with van der Waals surface area (Å²) in [7, 11) is 0. The van der Waals surface area contributed by atoms with Crippen molar-refractivity contribution in [3.8, 4) is 0 Å². The maximum absolute atomic E-state index is 5.83. The van der Waals surface area contributed by atoms with E-state index < -0.39 is 0 Å². The molecule has 2 nitrogen and oxygen atoms in total. The normalized spacial score (nSPS) is 12.4. The van der Waals surface area contributed by atoms with Crippen LogP contribution in [0.5, 0.6) is 0 Å². The number of hydrogen-bond donors (Lipinski definition) is 1. The number of rotatable bonds is 2. The molecule has 1 atom stereocenters. The zero-order valence-corrected chi connectivity index (χ0v) is 8.98. The number of nitrogens with zero attached hydrogens (tertiary/aromatic N) is 1. The van der Waals surface area contributed by atoms with Crippen LogP contribution in [-0.4, -0.2) is 4.98 Å². The third-order valence-corrected chi connectivity index (χ3v) is 2.63. The van der Waals surface area contributed by atoms with Crippen molar-refractivity contribution in [2.45, 2.75) is 6.04 Å². The van der Waals surface area contributed by atoms with Gasteiger partial charge >= 0.3 is 0 Å². The average molecular weight is 220 g/mol. The topological polar surface area (TPSA) is 40.5 Å². The molecular formula is C12H12ClN2+. The van der Waals surface area contributed by atoms with Gasteiger partial charge in [0.1, 0.15) is 6.04 Å². The molecule has 3 heteroatoms. The number of pyridine rings is 1. The van der Waals surface area contributed by atoms with Gasteiger partial charge in [-0.1, -0.05) is 23.7 Å². The van der Waals surface area contributed by atoms with E-state index in [0.29, 0.717) is 0 Å². The molecule has 0 radical (unpaired) electrons. The molecule has 0 bridgehead atoms. The van der Waals surface area contributed by atoms with Gasteiger partial charge in [0.25, 0.3) is 0 Å². The van der Waals surface area contributed by atoms with E-state index in [1.165, 1.54) is 0 Å². The van der Waals surface area contributed by atoms with Crippen LogP contribution >= 0.6 is 11.6 Å². The molecule has 1 aromatic heterocycles. The Bertz CT molecular complexity index is 425. The van der Waals surface area contributed by atoms with Crippen molar-refractivity contribution < 1.29 is 5.73 Å². The number of aromatic nitrogens is 1. The molecule has 0 aliphatic heterocycles. The van der Waals surface area contributed by atoms with Crippen LogP contribution in [0.25, 0.3) is 0 Å². The van der Waals surface area contributed by atoms with E-state index in [4.69, 9.17) is 11.6 Å². The van der Waals surface area contributed by atoms with E-state index >= 15 is 0 Å². The first-order chi connectivity index (χ1) is 7.27. The van der Waals surface area contributed by atoms with E-state index in [1.807, 2.05) is 36.4 Å². The molecule has 3 N–H and O–H groups in total. The lowest BCUT2D eigenvalue weighted by atomic mass is 10.0. The zero-order chi connectivity index (χ0) is 10.7. The third kappa shape index (κ3) is 2.35. The maximum atomic E-state index is 5.83. The van der Waals surface area contributed by atoms with E-state index in [2.05, 4.69) is 10.7 Å². The standard InChI is InChI=1S/C12H11ClN2/c13-11-3-1-9(2-4-11)12(14)10-5-7-15-8-6-10/h1-8,12H,14H2/p+1/t12-/m0/s1. The lowest BCUT2D eigenvalue weighted by molar-refractivity contribution is -0.411. The van der Waals surface area contributed by atoms with Gasteiger partial charge < -0.3 is 5.73 Å². The van der Waals surface area contributed by atoms with Crippen molar-refractivity contribution in [1.82, 2.24) is 4.98 Å². The molecule has 0 fully saturated rings. The van der Waals surface area contributed by atoms with Crippen LogP contribution in [-0.2, 0) is 0 Å². The highest BCUT2D eigenvalue weighted by atomic mass is 35.5. The fourth-order valence-corrected chi connectivity index (χ4v) is 1.61. The molecule has 15 heavy (non-hydrogen) atoms. The lowest BCUT2D eigenvalue weighted by Crippen LogP contribution is -2.53. The monoisotopic (exact) mass is 219 g/mol. The molecule has 76 valence electrons. The molecule has 0 saturated heterocycles. The first kappa shape index (κ1) is 10.1. The van der Waals surface area contributed by atoms with E-state index in [0.717, 1.165) is 16.1 Å². The molecule has 0 saturated carbocycles. The van der Waals surface area contributed by atoms with Crippen LogP contribution in [0.2, 0.25) is 5.02 Å². The molecule has 0 amide bonds. The van der Waals surface area contributed by atoms with Gasteiger partial charge in [0, 0.05) is 28.5 Å². The fraction of sp³-hybridized carbons (Fsp3) is 0.0833. The van der Waals surface area contributed by atoms with E-state index in [-0.39, 0.29) is 6.04 Å². The van der Waals surface area contributed by atoms with Gasteiger partial charge in [-0.25, -0.2) is 0 Å². The molecule has 0 aliphatic rings. The van der Waals surface area contributed by atoms with Crippen LogP contribution in [0.15, 0.2) is 48.8 Å². The minimum atomic E-state index is 0.130. The summed E-state index contributed by atoms with van der Waals surface area (Å²) in [4.78, 5) is 3.99. The Kier molecular flexibility index (Phi) is 2.99. The second kappa shape index (κ2) is 4.43. The van der Waals surface area contributed by atoms with Crippen LogP contribution in [0.4, 0.5) is 0 Å². The van der Waals surface area contributed by atoms with E-state index in [1.54, 1.807) is 12.4 Å². The zero-order valence-electron chi connectivity index (χ0n) is 8.23. The summed E-state index contributed by atoms with van der Waals surface area (Å²) in [5, 5.41) is 0.751. The van der Waals surface area contributed by atoms with Crippen LogP contribution < -0.4 is 5.73 Å². The summed E-state index contributed by atoms with van der Waals surface area (Å²) in [5.41, 5.74) is 6.45. The smallest absolute Gasteiger partial charge is 0.136 e. The molecule has 2 aromatic rings. The Morgan fingerprint density at radius 1 is 0.933 bits per heavy atom. The molecular weight excluding hydrogens is 208 g/mol. The van der Waals surface area contributed by atoms with Gasteiger partial charge in [-0.3, -0.25) is 4.98 Å². The van der Waals surface area contributed by atoms with Crippen LogP contribution in [0.3, 0.4) is 0 Å². The lowest BCUT2D eigenvalue weighted by Gasteiger charge is -2.08. The molecule has 0 aliphatic carbocycles. The van der Waals surface area contributed by atoms with Crippen LogP contribution in [0.1, 0.15) is 17.2 Å². The minimum Gasteiger partial charge on any atom is -0.348 e. The SMILES string of the molecule is [NH3+][C@H](c1ccncc1)c1ccc(Cl)cc1. The third-order valence-electron chi connectivity index (χ3n) is 2.38. The van der Waals surface area contributed by atoms with Gasteiger partial charge in [0.05, 0.1) is 0 Å². The number of benzene rings is 1. The number of halogens is 1. The Labute approximate surface area is 93.7 Å². The Morgan fingerprint density at radius 3 is 2.07 bits per heavy atom. The highest BCUT2D eigenvalue weighted by molar-refractivity contribution is 6.30. The molecule has 1 heterocycles. The van der Waals surface area contributed by atoms with Gasteiger partial charge in [-0.15, -0.1) is 0 Å². The predicted octanol–water partition coefficient (Wildman–Crippen LogP) is 2.07. The van der Waals surface area contributed by atoms with Crippen molar-refractivity contribution in [1.29, 1.82) is 0 Å². The molecule has 0 unspecified atom stereocenters. The quantitative estimate of drug-likeness (QED) is 0.826. The summed E-state index contributed by atoms with van der Waals surface area (Å²) < 4.78 is 0. The largest absolute Gasteiger partial charge is 0.348 e. The first-order valence-electron chi connectivity index (χ1n) is 4.76. The number of quaternary nitrogens is 1. The minimum absolute atomic E-state index is 0.130. The van der Waals surface area contributed by atoms with Crippen molar-refractivity contribution in [3.63, 3.8) is 0 Å². The van der Waals surface area contributed by atoms with Crippen molar-refractivity contribution in [2.24, 2.45) is 0 Å². The Hall–Kier alpha value is -1.38. The first-order valence-corrected chi connectivity index (χ1v) is 5.13. The summed E-state index contributed by atoms with van der Waals surface area (Å²) in [6.45, 7) is 0. The van der Waals surface area contributed by atoms with Crippen molar-refractivity contribution in [3.05, 3.63) is 64.9 Å². The fourth-order valence-electron chi connectivity index (χ4n) is 1.48. The highest BCUT2D eigenvalue weighted by Crippen LogP contribution is 2.18. The Morgan fingerprint density at radius 2 is 1.47 bits per heavy atom. The number of hydrogen-bond acceptors (Lipinski definition) is 1. The van der Waals surface area contributed by atoms with Crippen molar-refractivity contribution >= 4 is 11.6 Å². The molecule has 2 rings (SSSR count). The van der Waals surface area contributed by atoms with Gasteiger partial charge in [0.2, 0.25) is 0 Å². The van der Waals surface area contributed by atoms with Crippen molar-refractivity contribution in [2.75, 3.05) is 0 Å². The molecule has 1 aromatic carbocycles. The maximum Gasteiger partial charge on any atom is 0.136 e. The van der Waals surface area contributed by atoms with Crippen LogP contribution in [0, 0.1) is 0 Å². The Balaban J connectivity index is 2.29. The highest BCUT2D eigenvalue weighted by Gasteiger charge is 2.11. The predicted molar refractivity (Wildman–Crippen MR) is 60.4 cm³/mol. The summed E-state index contributed by atoms with van der Waals surface area (Å²) in [5.74, 6) is 0. The van der Waals surface area contributed by atoms with Gasteiger partial charge in [0.15, 0.2) is 0 Å². The van der Waals surface area contributed by atoms with Gasteiger partial charge in [-0.05, 0) is 24.3 Å². The summed E-state index contributed by atoms with van der Waals surface area (Å²) in [6, 6.07) is 11.9. The summed E-state index contributed by atoms with van der Waals surface area (Å²) in [6.07, 6.45) is 3.56. The summed E-state index contributed by atoms with van der Waals surface area (Å²) >= 11 is 5.83. The second-order valence-corrected chi connectivity index (χ2v) is 3.82. The second-order valence-electron chi connectivity index (χ2n) is 3.38. The van der Waals surface area contributed by atoms with Gasteiger partial charge in [-0.2, -0.15) is 0 Å². The van der Waals surface area contributed by atoms with E-state index in [9.17, 15) is 0 Å².